The second-order valence-corrected chi connectivity index (χ2v) is 6.94. The molecule has 24 heavy (non-hydrogen) atoms. The quantitative estimate of drug-likeness (QED) is 0.831. The summed E-state index contributed by atoms with van der Waals surface area (Å²) in [6.07, 6.45) is 9.88. The lowest BCUT2D eigenvalue weighted by Gasteiger charge is -2.42. The van der Waals surface area contributed by atoms with Gasteiger partial charge in [0.15, 0.2) is 0 Å². The highest BCUT2D eigenvalue weighted by Gasteiger charge is 2.33. The molecule has 3 heterocycles. The first kappa shape index (κ1) is 17.2. The van der Waals surface area contributed by atoms with Crippen molar-refractivity contribution in [2.45, 2.75) is 25.8 Å². The summed E-state index contributed by atoms with van der Waals surface area (Å²) in [6, 6.07) is 0.396. The highest BCUT2D eigenvalue weighted by Crippen LogP contribution is 2.36. The Balaban J connectivity index is 1.79. The fraction of sp³-hybridized carbons (Fsp3) is 0.588. The normalized spacial score (nSPS) is 21.8. The lowest BCUT2D eigenvalue weighted by molar-refractivity contribution is 0.101. The number of halogens is 1. The number of aryl methyl sites for hydroxylation is 1. The molecule has 2 aromatic heterocycles. The van der Waals surface area contributed by atoms with E-state index in [1.54, 1.807) is 12.4 Å². The number of hydrogen-bond donors (Lipinski definition) is 0. The highest BCUT2D eigenvalue weighted by atomic mass is 35.5. The molecule has 1 saturated heterocycles. The molecule has 2 atom stereocenters. The molecule has 0 aromatic carbocycles. The van der Waals surface area contributed by atoms with Gasteiger partial charge in [-0.3, -0.25) is 9.58 Å². The molecule has 0 saturated carbocycles. The Kier molecular flexibility index (Phi) is 5.36. The largest absolute Gasteiger partial charge is 0.344 e. The number of nitrogens with zero attached hydrogens (tertiary/aromatic N) is 6. The summed E-state index contributed by atoms with van der Waals surface area (Å²) >= 11 is 5.89. The Morgan fingerprint density at radius 3 is 2.67 bits per heavy atom. The molecule has 0 unspecified atom stereocenters. The monoisotopic (exact) mass is 348 g/mol. The molecule has 1 fully saturated rings. The summed E-state index contributed by atoms with van der Waals surface area (Å²) in [7, 11) is 4.03. The number of anilines is 1. The fourth-order valence-corrected chi connectivity index (χ4v) is 3.81. The highest BCUT2D eigenvalue weighted by molar-refractivity contribution is 6.30. The maximum absolute atomic E-state index is 5.89. The van der Waals surface area contributed by atoms with Gasteiger partial charge in [-0.05, 0) is 31.8 Å². The van der Waals surface area contributed by atoms with E-state index in [1.807, 2.05) is 17.9 Å². The van der Waals surface area contributed by atoms with Crippen LogP contribution in [0.4, 0.5) is 5.95 Å². The van der Waals surface area contributed by atoms with Gasteiger partial charge in [-0.15, -0.1) is 0 Å². The molecule has 1 aliphatic heterocycles. The Morgan fingerprint density at radius 2 is 2.04 bits per heavy atom. The van der Waals surface area contributed by atoms with Crippen LogP contribution in [0.2, 0.25) is 5.02 Å². The van der Waals surface area contributed by atoms with E-state index in [-0.39, 0.29) is 0 Å². The lowest BCUT2D eigenvalue weighted by Crippen LogP contribution is -2.43. The zero-order valence-electron chi connectivity index (χ0n) is 14.6. The summed E-state index contributed by atoms with van der Waals surface area (Å²) in [6.45, 7) is 5.35. The van der Waals surface area contributed by atoms with Crippen molar-refractivity contribution in [1.82, 2.24) is 24.6 Å². The Labute approximate surface area is 148 Å². The van der Waals surface area contributed by atoms with Crippen LogP contribution in [0, 0.1) is 5.92 Å². The first-order valence-corrected chi connectivity index (χ1v) is 8.87. The molecule has 0 spiro atoms. The van der Waals surface area contributed by atoms with E-state index in [9.17, 15) is 0 Å². The lowest BCUT2D eigenvalue weighted by atomic mass is 9.85. The van der Waals surface area contributed by atoms with Crippen molar-refractivity contribution < 1.29 is 0 Å². The molecule has 6 nitrogen and oxygen atoms in total. The van der Waals surface area contributed by atoms with Gasteiger partial charge in [-0.1, -0.05) is 18.5 Å². The summed E-state index contributed by atoms with van der Waals surface area (Å²) in [5.41, 5.74) is 1.30. The van der Waals surface area contributed by atoms with E-state index < -0.39 is 0 Å². The van der Waals surface area contributed by atoms with Crippen LogP contribution in [0.25, 0.3) is 0 Å². The van der Waals surface area contributed by atoms with Gasteiger partial charge >= 0.3 is 0 Å². The average Bonchev–Trinajstić information content (AvgIpc) is 3.01. The molecule has 0 bridgehead atoms. The molecule has 130 valence electrons. The Morgan fingerprint density at radius 1 is 1.29 bits per heavy atom. The minimum absolute atomic E-state index is 0.396. The van der Waals surface area contributed by atoms with E-state index in [1.165, 1.54) is 18.4 Å². The molecule has 0 radical (unpaired) electrons. The number of aromatic nitrogens is 4. The van der Waals surface area contributed by atoms with E-state index in [0.717, 1.165) is 25.6 Å². The number of likely N-dealkylation sites (tertiary alicyclic amines) is 1. The molecular formula is C17H25ClN6. The summed E-state index contributed by atoms with van der Waals surface area (Å²) in [4.78, 5) is 13.4. The number of hydrogen-bond acceptors (Lipinski definition) is 5. The zero-order valence-corrected chi connectivity index (χ0v) is 15.3. The molecule has 3 rings (SSSR count). The Bertz CT molecular complexity index is 655. The van der Waals surface area contributed by atoms with Crippen LogP contribution in [0.3, 0.4) is 0 Å². The summed E-state index contributed by atoms with van der Waals surface area (Å²) in [5, 5.41) is 4.94. The molecule has 2 aromatic rings. The molecule has 0 amide bonds. The molecule has 1 aliphatic rings. The van der Waals surface area contributed by atoms with Crippen molar-refractivity contribution in [3.05, 3.63) is 35.4 Å². The first-order valence-electron chi connectivity index (χ1n) is 8.49. The first-order chi connectivity index (χ1) is 11.6. The average molecular weight is 349 g/mol. The zero-order chi connectivity index (χ0) is 17.1. The van der Waals surface area contributed by atoms with Crippen LogP contribution in [0.1, 0.15) is 31.4 Å². The number of piperidine rings is 1. The van der Waals surface area contributed by atoms with Gasteiger partial charge in [0, 0.05) is 38.4 Å². The maximum atomic E-state index is 5.89. The van der Waals surface area contributed by atoms with Crippen LogP contribution in [-0.4, -0.2) is 51.3 Å². The van der Waals surface area contributed by atoms with Gasteiger partial charge in [-0.2, -0.15) is 5.10 Å². The predicted octanol–water partition coefficient (Wildman–Crippen LogP) is 2.77. The minimum Gasteiger partial charge on any atom is -0.344 e. The van der Waals surface area contributed by atoms with Crippen LogP contribution in [0.15, 0.2) is 24.8 Å². The van der Waals surface area contributed by atoms with Crippen molar-refractivity contribution in [1.29, 1.82) is 0 Å². The van der Waals surface area contributed by atoms with Gasteiger partial charge in [0.05, 0.1) is 23.6 Å². The molecule has 7 heteroatoms. The van der Waals surface area contributed by atoms with Crippen molar-refractivity contribution >= 4 is 17.5 Å². The van der Waals surface area contributed by atoms with Gasteiger partial charge in [0.2, 0.25) is 5.95 Å². The molecular weight excluding hydrogens is 324 g/mol. The minimum atomic E-state index is 0.396. The Hall–Kier alpha value is -1.66. The van der Waals surface area contributed by atoms with Crippen molar-refractivity contribution in [3.63, 3.8) is 0 Å². The SMILES string of the molecule is CCN1CCC[C@@H](CN(C)c2ncc(Cl)cn2)[C@@H]1c1cnn(C)c1. The van der Waals surface area contributed by atoms with Crippen LogP contribution in [0.5, 0.6) is 0 Å². The summed E-state index contributed by atoms with van der Waals surface area (Å²) in [5.74, 6) is 1.24. The predicted molar refractivity (Wildman–Crippen MR) is 96.2 cm³/mol. The summed E-state index contributed by atoms with van der Waals surface area (Å²) < 4.78 is 1.89. The van der Waals surface area contributed by atoms with E-state index in [4.69, 9.17) is 11.6 Å². The fourth-order valence-electron chi connectivity index (χ4n) is 3.71. The van der Waals surface area contributed by atoms with Gasteiger partial charge < -0.3 is 4.90 Å². The second-order valence-electron chi connectivity index (χ2n) is 6.50. The topological polar surface area (TPSA) is 50.1 Å². The van der Waals surface area contributed by atoms with Gasteiger partial charge in [0.25, 0.3) is 0 Å². The molecule has 0 N–H and O–H groups in total. The van der Waals surface area contributed by atoms with Crippen molar-refractivity contribution in [2.75, 3.05) is 31.6 Å². The van der Waals surface area contributed by atoms with Crippen molar-refractivity contribution in [2.24, 2.45) is 13.0 Å². The third kappa shape index (κ3) is 3.70. The third-order valence-corrected chi connectivity index (χ3v) is 4.98. The van der Waals surface area contributed by atoms with E-state index in [2.05, 4.69) is 45.0 Å². The van der Waals surface area contributed by atoms with Crippen molar-refractivity contribution in [3.8, 4) is 0 Å². The smallest absolute Gasteiger partial charge is 0.225 e. The third-order valence-electron chi connectivity index (χ3n) is 4.79. The number of rotatable bonds is 5. The van der Waals surface area contributed by atoms with Gasteiger partial charge in [-0.25, -0.2) is 9.97 Å². The standard InChI is InChI=1S/C17H25ClN6/c1-4-24-7-5-6-13(16(24)14-8-21-23(3)12-14)11-22(2)17-19-9-15(18)10-20-17/h8-10,12-13,16H,4-7,11H2,1-3H3/t13-,16+/m0/s1. The van der Waals surface area contributed by atoms with E-state index >= 15 is 0 Å². The maximum Gasteiger partial charge on any atom is 0.225 e. The second kappa shape index (κ2) is 7.49. The van der Waals surface area contributed by atoms with Crippen LogP contribution in [-0.2, 0) is 7.05 Å². The van der Waals surface area contributed by atoms with Crippen LogP contribution >= 0.6 is 11.6 Å². The van der Waals surface area contributed by atoms with E-state index in [0.29, 0.717) is 17.0 Å². The van der Waals surface area contributed by atoms with Gasteiger partial charge in [0.1, 0.15) is 0 Å². The van der Waals surface area contributed by atoms with Crippen LogP contribution < -0.4 is 4.90 Å². The molecule has 0 aliphatic carbocycles.